The van der Waals surface area contributed by atoms with Crippen LogP contribution in [-0.4, -0.2) is 74.3 Å². The minimum Gasteiger partial charge on any atom is -0.497 e. The first-order chi connectivity index (χ1) is 29.4. The molecule has 6 aromatic carbocycles. The predicted octanol–water partition coefficient (Wildman–Crippen LogP) is 8.19. The molecular weight excluding hydrogens is 757 g/mol. The number of nitrogens with zero attached hydrogens (tertiary/aromatic N) is 2. The highest BCUT2D eigenvalue weighted by Gasteiger charge is 2.65. The molecule has 2 saturated heterocycles. The Kier molecular flexibility index (Phi) is 12.1. The van der Waals surface area contributed by atoms with Gasteiger partial charge >= 0.3 is 0 Å². The molecule has 0 spiro atoms. The molecule has 0 radical (unpaired) electrons. The minimum atomic E-state index is -0.903. The van der Waals surface area contributed by atoms with Crippen LogP contribution in [0.25, 0.3) is 0 Å². The predicted molar refractivity (Wildman–Crippen MR) is 227 cm³/mol. The van der Waals surface area contributed by atoms with Crippen LogP contribution < -0.4 is 18.9 Å². The normalized spacial score (nSPS) is 18.6. The smallest absolute Gasteiger partial charge is 0.255 e. The van der Waals surface area contributed by atoms with Crippen LogP contribution in [0, 0.1) is 0 Å². The van der Waals surface area contributed by atoms with Crippen molar-refractivity contribution in [1.82, 2.24) is 9.80 Å². The van der Waals surface area contributed by atoms with Crippen molar-refractivity contribution in [2.45, 2.75) is 49.6 Å². The van der Waals surface area contributed by atoms with Crippen LogP contribution in [0.3, 0.4) is 0 Å². The highest BCUT2D eigenvalue weighted by atomic mass is 16.5. The van der Waals surface area contributed by atoms with Gasteiger partial charge in [-0.15, -0.1) is 0 Å². The number of carbonyl (C=O) groups excluding carboxylic acids is 2. The first kappa shape index (κ1) is 40.2. The first-order valence-corrected chi connectivity index (χ1v) is 19.9. The van der Waals surface area contributed by atoms with E-state index in [9.17, 15) is 9.59 Å². The van der Waals surface area contributed by atoms with Crippen LogP contribution in [-0.2, 0) is 32.3 Å². The first-order valence-electron chi connectivity index (χ1n) is 19.9. The van der Waals surface area contributed by atoms with Crippen LogP contribution in [0.2, 0.25) is 0 Å². The molecule has 0 saturated carbocycles. The Morgan fingerprint density at radius 2 is 0.667 bits per heavy atom. The van der Waals surface area contributed by atoms with E-state index in [4.69, 9.17) is 28.4 Å². The molecule has 0 aliphatic carbocycles. The summed E-state index contributed by atoms with van der Waals surface area (Å²) in [6, 6.07) is 48.1. The van der Waals surface area contributed by atoms with Gasteiger partial charge in [0.15, 0.2) is 12.2 Å². The number of amides is 2. The molecule has 6 aromatic rings. The highest BCUT2D eigenvalue weighted by molar-refractivity contribution is 5.94. The molecule has 4 atom stereocenters. The second kappa shape index (κ2) is 18.1. The second-order valence-corrected chi connectivity index (χ2v) is 14.8. The average Bonchev–Trinajstić information content (AvgIpc) is 3.31. The summed E-state index contributed by atoms with van der Waals surface area (Å²) in [6.45, 7) is 0.405. The molecule has 60 heavy (non-hydrogen) atoms. The lowest BCUT2D eigenvalue weighted by atomic mass is 9.76. The van der Waals surface area contributed by atoms with Gasteiger partial charge in [-0.05, 0) is 81.9 Å². The van der Waals surface area contributed by atoms with Crippen molar-refractivity contribution >= 4 is 11.8 Å². The summed E-state index contributed by atoms with van der Waals surface area (Å²) < 4.78 is 35.5. The van der Waals surface area contributed by atoms with Crippen molar-refractivity contribution in [3.63, 3.8) is 0 Å². The number of likely N-dealkylation sites (tertiary alicyclic amines) is 2. The zero-order valence-electron chi connectivity index (χ0n) is 34.0. The topological polar surface area (TPSA) is 96.0 Å². The van der Waals surface area contributed by atoms with E-state index in [0.717, 1.165) is 33.4 Å². The van der Waals surface area contributed by atoms with Gasteiger partial charge in [-0.3, -0.25) is 9.59 Å². The molecule has 0 aromatic heterocycles. The standard InChI is InChI=1S/C50H48N2O8/c1-55-39-23-15-35(16-24-39)43(36-17-25-40(56-2)26-18-36)51-45(47(49(51)53)59-31-33-11-7-5-8-12-33)46-48(60-32-34-13-9-6-10-14-34)50(54)52(46)44(37-19-27-41(57-3)28-20-37)38-21-29-42(58-4)30-22-38/h5-30,43-48H,31-32H2,1-4H3/t45-,46-,47+,48+/m1/s1. The van der Waals surface area contributed by atoms with Crippen LogP contribution in [0.15, 0.2) is 158 Å². The molecular formula is C50H48N2O8. The van der Waals surface area contributed by atoms with Crippen molar-refractivity contribution < 1.29 is 38.0 Å². The Labute approximate surface area is 350 Å². The van der Waals surface area contributed by atoms with E-state index < -0.39 is 36.4 Å². The van der Waals surface area contributed by atoms with Gasteiger partial charge < -0.3 is 38.2 Å². The van der Waals surface area contributed by atoms with Crippen LogP contribution in [0.4, 0.5) is 0 Å². The summed E-state index contributed by atoms with van der Waals surface area (Å²) in [5.41, 5.74) is 5.31. The minimum absolute atomic E-state index is 0.195. The molecule has 2 amide bonds. The molecule has 0 bridgehead atoms. The number of hydrogen-bond donors (Lipinski definition) is 0. The van der Waals surface area contributed by atoms with Crippen molar-refractivity contribution in [3.05, 3.63) is 191 Å². The van der Waals surface area contributed by atoms with Gasteiger partial charge in [0.1, 0.15) is 23.0 Å². The number of ether oxygens (including phenoxy) is 6. The summed E-state index contributed by atoms with van der Waals surface area (Å²) in [6.07, 6.45) is -1.81. The fourth-order valence-electron chi connectivity index (χ4n) is 8.33. The number of rotatable bonds is 17. The summed E-state index contributed by atoms with van der Waals surface area (Å²) in [7, 11) is 6.50. The SMILES string of the molecule is COc1ccc(C(c2ccc(OC)cc2)N2C(=O)[C@@H](OCc3ccccc3)[C@H]2[C@@H]2[C@H](OCc3ccccc3)C(=O)N2C(c2ccc(OC)cc2)c2ccc(OC)cc2)cc1. The molecule has 10 heteroatoms. The number of β-lactam (4-membered cyclic amide) rings is 2. The van der Waals surface area contributed by atoms with Crippen molar-refractivity contribution in [2.75, 3.05) is 28.4 Å². The van der Waals surface area contributed by atoms with E-state index in [0.29, 0.717) is 23.0 Å². The number of benzene rings is 6. The summed E-state index contributed by atoms with van der Waals surface area (Å²) in [5.74, 6) is 2.37. The zero-order valence-corrected chi connectivity index (χ0v) is 34.0. The molecule has 0 N–H and O–H groups in total. The van der Waals surface area contributed by atoms with E-state index in [1.165, 1.54) is 0 Å². The third-order valence-electron chi connectivity index (χ3n) is 11.4. The Hall–Kier alpha value is -6.62. The molecule has 2 aliphatic rings. The lowest BCUT2D eigenvalue weighted by Crippen LogP contribution is -2.81. The van der Waals surface area contributed by atoms with Gasteiger partial charge in [0.25, 0.3) is 11.8 Å². The van der Waals surface area contributed by atoms with Gasteiger partial charge in [-0.2, -0.15) is 0 Å². The van der Waals surface area contributed by atoms with E-state index in [1.807, 2.05) is 168 Å². The Morgan fingerprint density at radius 3 is 0.917 bits per heavy atom. The van der Waals surface area contributed by atoms with E-state index in [2.05, 4.69) is 0 Å². The Bertz CT molecular complexity index is 2080. The second-order valence-electron chi connectivity index (χ2n) is 14.8. The number of hydrogen-bond acceptors (Lipinski definition) is 8. The fourth-order valence-corrected chi connectivity index (χ4v) is 8.33. The third-order valence-corrected chi connectivity index (χ3v) is 11.4. The van der Waals surface area contributed by atoms with E-state index in [1.54, 1.807) is 28.4 Å². The maximum atomic E-state index is 15.0. The van der Waals surface area contributed by atoms with Gasteiger partial charge in [0.2, 0.25) is 0 Å². The molecule has 2 fully saturated rings. The molecule has 10 nitrogen and oxygen atoms in total. The summed E-state index contributed by atoms with van der Waals surface area (Å²) in [5, 5.41) is 0. The van der Waals surface area contributed by atoms with Crippen molar-refractivity contribution in [1.29, 1.82) is 0 Å². The van der Waals surface area contributed by atoms with Gasteiger partial charge in [-0.1, -0.05) is 109 Å². The van der Waals surface area contributed by atoms with Gasteiger partial charge in [-0.25, -0.2) is 0 Å². The highest BCUT2D eigenvalue weighted by Crippen LogP contribution is 2.48. The van der Waals surface area contributed by atoms with E-state index >= 15 is 0 Å². The zero-order chi connectivity index (χ0) is 41.6. The quantitative estimate of drug-likeness (QED) is 0.0853. The maximum absolute atomic E-state index is 15.0. The van der Waals surface area contributed by atoms with E-state index in [-0.39, 0.29) is 25.0 Å². The monoisotopic (exact) mass is 804 g/mol. The van der Waals surface area contributed by atoms with Gasteiger partial charge in [0.05, 0.1) is 65.8 Å². The molecule has 306 valence electrons. The molecule has 0 unspecified atom stereocenters. The summed E-state index contributed by atoms with van der Waals surface area (Å²) in [4.78, 5) is 33.7. The van der Waals surface area contributed by atoms with Crippen LogP contribution in [0.5, 0.6) is 23.0 Å². The lowest BCUT2D eigenvalue weighted by Gasteiger charge is -2.61. The third kappa shape index (κ3) is 8.04. The number of carbonyl (C=O) groups is 2. The summed E-state index contributed by atoms with van der Waals surface area (Å²) >= 11 is 0. The molecule has 2 heterocycles. The fraction of sp³-hybridized carbons (Fsp3) is 0.240. The average molecular weight is 805 g/mol. The van der Waals surface area contributed by atoms with Crippen LogP contribution in [0.1, 0.15) is 45.5 Å². The largest absolute Gasteiger partial charge is 0.497 e. The van der Waals surface area contributed by atoms with Crippen molar-refractivity contribution in [2.24, 2.45) is 0 Å². The van der Waals surface area contributed by atoms with Gasteiger partial charge in [0, 0.05) is 0 Å². The lowest BCUT2D eigenvalue weighted by molar-refractivity contribution is -0.218. The number of methoxy groups -OCH3 is 4. The molecule has 8 rings (SSSR count). The molecule has 2 aliphatic heterocycles. The Morgan fingerprint density at radius 1 is 0.400 bits per heavy atom. The maximum Gasteiger partial charge on any atom is 0.255 e. The Balaban J connectivity index is 1.28. The van der Waals surface area contributed by atoms with Crippen molar-refractivity contribution in [3.8, 4) is 23.0 Å². The van der Waals surface area contributed by atoms with Crippen LogP contribution >= 0.6 is 0 Å².